The third kappa shape index (κ3) is 8.89. The van der Waals surface area contributed by atoms with Crippen LogP contribution < -0.4 is 10.6 Å². The highest BCUT2D eigenvalue weighted by atomic mass is 127. The van der Waals surface area contributed by atoms with Gasteiger partial charge in [-0.05, 0) is 63.7 Å². The zero-order valence-electron chi connectivity index (χ0n) is 16.0. The molecule has 2 rings (SSSR count). The quantitative estimate of drug-likeness (QED) is 0.270. The topological polar surface area (TPSA) is 57.5 Å². The molecule has 1 saturated heterocycles. The van der Waals surface area contributed by atoms with Crippen molar-refractivity contribution in [2.45, 2.75) is 46.1 Å². The molecule has 0 spiro atoms. The summed E-state index contributed by atoms with van der Waals surface area (Å²) in [5.74, 6) is 1.81. The summed E-state index contributed by atoms with van der Waals surface area (Å²) in [6.07, 6.45) is 8.89. The Morgan fingerprint density at radius 3 is 2.40 bits per heavy atom. The zero-order chi connectivity index (χ0) is 17.2. The van der Waals surface area contributed by atoms with Gasteiger partial charge in [-0.2, -0.15) is 5.10 Å². The Labute approximate surface area is 169 Å². The lowest BCUT2D eigenvalue weighted by Gasteiger charge is -2.30. The summed E-state index contributed by atoms with van der Waals surface area (Å²) >= 11 is 0. The number of likely N-dealkylation sites (tertiary alicyclic amines) is 1. The van der Waals surface area contributed by atoms with Gasteiger partial charge in [0.05, 0.1) is 6.20 Å². The largest absolute Gasteiger partial charge is 0.356 e. The molecule has 25 heavy (non-hydrogen) atoms. The smallest absolute Gasteiger partial charge is 0.190 e. The molecule has 0 aliphatic carbocycles. The number of hydrogen-bond acceptors (Lipinski definition) is 3. The van der Waals surface area contributed by atoms with Crippen molar-refractivity contribution in [2.24, 2.45) is 10.9 Å². The first kappa shape index (κ1) is 22.2. The zero-order valence-corrected chi connectivity index (χ0v) is 18.3. The average molecular weight is 462 g/mol. The summed E-state index contributed by atoms with van der Waals surface area (Å²) in [5, 5.41) is 11.1. The van der Waals surface area contributed by atoms with E-state index in [2.05, 4.69) is 45.7 Å². The van der Waals surface area contributed by atoms with Crippen LogP contribution in [0.1, 0.15) is 38.2 Å². The maximum absolute atomic E-state index is 4.30. The van der Waals surface area contributed by atoms with Crippen LogP contribution in [0.3, 0.4) is 0 Å². The Hall–Kier alpha value is -0.830. The van der Waals surface area contributed by atoms with Gasteiger partial charge in [-0.1, -0.05) is 6.92 Å². The molecule has 0 aromatic carbocycles. The first-order valence-corrected chi connectivity index (χ1v) is 9.33. The first-order chi connectivity index (χ1) is 11.7. The molecule has 0 amide bonds. The molecular formula is C18H35IN6. The van der Waals surface area contributed by atoms with Crippen molar-refractivity contribution in [2.75, 3.05) is 39.8 Å². The Balaban J connectivity index is 0.00000312. The molecule has 0 saturated carbocycles. The highest BCUT2D eigenvalue weighted by Gasteiger charge is 2.14. The van der Waals surface area contributed by atoms with Crippen LogP contribution >= 0.6 is 24.0 Å². The van der Waals surface area contributed by atoms with Crippen molar-refractivity contribution >= 4 is 29.9 Å². The maximum atomic E-state index is 4.30. The van der Waals surface area contributed by atoms with Crippen molar-refractivity contribution in [1.82, 2.24) is 25.3 Å². The molecule has 1 aromatic rings. The van der Waals surface area contributed by atoms with Crippen LogP contribution in [-0.4, -0.2) is 60.4 Å². The predicted molar refractivity (Wildman–Crippen MR) is 116 cm³/mol. The van der Waals surface area contributed by atoms with Gasteiger partial charge in [0.15, 0.2) is 5.96 Å². The van der Waals surface area contributed by atoms with E-state index in [0.717, 1.165) is 37.9 Å². The molecule has 1 aliphatic heterocycles. The van der Waals surface area contributed by atoms with Gasteiger partial charge >= 0.3 is 0 Å². The number of hydrogen-bond donors (Lipinski definition) is 2. The SMILES string of the molecule is CN=C(NCCCN1CCC(C)CC1)NCCCn1cc(C)cn1.I. The van der Waals surface area contributed by atoms with E-state index in [1.54, 1.807) is 0 Å². The third-order valence-electron chi connectivity index (χ3n) is 4.66. The molecule has 0 radical (unpaired) electrons. The minimum absolute atomic E-state index is 0. The molecule has 6 nitrogen and oxygen atoms in total. The number of nitrogens with one attached hydrogen (secondary N) is 2. The van der Waals surface area contributed by atoms with Gasteiger partial charge in [-0.15, -0.1) is 24.0 Å². The maximum Gasteiger partial charge on any atom is 0.190 e. The molecular weight excluding hydrogens is 427 g/mol. The Kier molecular flexibility index (Phi) is 11.1. The van der Waals surface area contributed by atoms with Crippen LogP contribution in [0.25, 0.3) is 0 Å². The van der Waals surface area contributed by atoms with E-state index in [1.165, 1.54) is 44.5 Å². The lowest BCUT2D eigenvalue weighted by Crippen LogP contribution is -2.40. The lowest BCUT2D eigenvalue weighted by atomic mass is 9.99. The predicted octanol–water partition coefficient (Wildman–Crippen LogP) is 2.49. The van der Waals surface area contributed by atoms with E-state index in [9.17, 15) is 0 Å². The van der Waals surface area contributed by atoms with Gasteiger partial charge < -0.3 is 15.5 Å². The molecule has 1 aromatic heterocycles. The monoisotopic (exact) mass is 462 g/mol. The summed E-state index contributed by atoms with van der Waals surface area (Å²) in [6, 6.07) is 0. The summed E-state index contributed by atoms with van der Waals surface area (Å²) < 4.78 is 1.99. The molecule has 7 heteroatoms. The Bertz CT molecular complexity index is 494. The van der Waals surface area contributed by atoms with Gasteiger partial charge in [-0.3, -0.25) is 9.67 Å². The molecule has 0 bridgehead atoms. The molecule has 144 valence electrons. The molecule has 2 heterocycles. The minimum atomic E-state index is 0. The normalized spacial score (nSPS) is 16.5. The summed E-state index contributed by atoms with van der Waals surface area (Å²) in [7, 11) is 1.83. The van der Waals surface area contributed by atoms with Crippen molar-refractivity contribution in [3.63, 3.8) is 0 Å². The van der Waals surface area contributed by atoms with Crippen LogP contribution in [0.2, 0.25) is 0 Å². The van der Waals surface area contributed by atoms with Gasteiger partial charge in [0.25, 0.3) is 0 Å². The number of nitrogens with zero attached hydrogens (tertiary/aromatic N) is 4. The van der Waals surface area contributed by atoms with Gasteiger partial charge in [0.2, 0.25) is 0 Å². The average Bonchev–Trinajstić information content (AvgIpc) is 3.00. The lowest BCUT2D eigenvalue weighted by molar-refractivity contribution is 0.191. The number of aryl methyl sites for hydroxylation is 2. The number of aromatic nitrogens is 2. The van der Waals surface area contributed by atoms with E-state index < -0.39 is 0 Å². The second-order valence-electron chi connectivity index (χ2n) is 6.94. The fraction of sp³-hybridized carbons (Fsp3) is 0.778. The van der Waals surface area contributed by atoms with Crippen molar-refractivity contribution in [1.29, 1.82) is 0 Å². The van der Waals surface area contributed by atoms with E-state index >= 15 is 0 Å². The fourth-order valence-electron chi connectivity index (χ4n) is 3.05. The number of rotatable bonds is 8. The van der Waals surface area contributed by atoms with Crippen LogP contribution in [0, 0.1) is 12.8 Å². The highest BCUT2D eigenvalue weighted by Crippen LogP contribution is 2.15. The summed E-state index contributed by atoms with van der Waals surface area (Å²) in [4.78, 5) is 6.88. The standard InChI is InChI=1S/C18H34N6.HI/c1-16-6-12-23(13-7-16)10-4-8-20-18(19-3)21-9-5-11-24-15-17(2)14-22-24;/h14-16H,4-13H2,1-3H3,(H2,19,20,21);1H. The fourth-order valence-corrected chi connectivity index (χ4v) is 3.05. The first-order valence-electron chi connectivity index (χ1n) is 9.33. The van der Waals surface area contributed by atoms with E-state index in [4.69, 9.17) is 0 Å². The van der Waals surface area contributed by atoms with Crippen LogP contribution in [0.15, 0.2) is 17.4 Å². The van der Waals surface area contributed by atoms with Gasteiger partial charge in [0.1, 0.15) is 0 Å². The number of halogens is 1. The van der Waals surface area contributed by atoms with E-state index in [-0.39, 0.29) is 24.0 Å². The Morgan fingerprint density at radius 2 is 1.84 bits per heavy atom. The second kappa shape index (κ2) is 12.5. The molecule has 2 N–H and O–H groups in total. The number of aliphatic imine (C=N–C) groups is 1. The molecule has 0 unspecified atom stereocenters. The molecule has 1 fully saturated rings. The molecule has 0 atom stereocenters. The van der Waals surface area contributed by atoms with Crippen molar-refractivity contribution < 1.29 is 0 Å². The summed E-state index contributed by atoms with van der Waals surface area (Å²) in [5.41, 5.74) is 1.21. The number of piperidine rings is 1. The van der Waals surface area contributed by atoms with Crippen molar-refractivity contribution in [3.8, 4) is 0 Å². The molecule has 1 aliphatic rings. The Morgan fingerprint density at radius 1 is 1.20 bits per heavy atom. The highest BCUT2D eigenvalue weighted by molar-refractivity contribution is 14.0. The van der Waals surface area contributed by atoms with E-state index in [0.29, 0.717) is 0 Å². The third-order valence-corrected chi connectivity index (χ3v) is 4.66. The second-order valence-corrected chi connectivity index (χ2v) is 6.94. The van der Waals surface area contributed by atoms with E-state index in [1.807, 2.05) is 17.9 Å². The van der Waals surface area contributed by atoms with Crippen molar-refractivity contribution in [3.05, 3.63) is 18.0 Å². The van der Waals surface area contributed by atoms with Crippen LogP contribution in [-0.2, 0) is 6.54 Å². The summed E-state index contributed by atoms with van der Waals surface area (Å²) in [6.45, 7) is 11.0. The number of guanidine groups is 1. The van der Waals surface area contributed by atoms with Crippen LogP contribution in [0.4, 0.5) is 0 Å². The van der Waals surface area contributed by atoms with Gasteiger partial charge in [-0.25, -0.2) is 0 Å². The minimum Gasteiger partial charge on any atom is -0.356 e. The van der Waals surface area contributed by atoms with Gasteiger partial charge in [0, 0.05) is 32.9 Å². The van der Waals surface area contributed by atoms with Crippen LogP contribution in [0.5, 0.6) is 0 Å².